The van der Waals surface area contributed by atoms with Crippen LogP contribution in [0.2, 0.25) is 0 Å². The minimum Gasteiger partial charge on any atom is -0.454 e. The minimum atomic E-state index is 0.849. The van der Waals surface area contributed by atoms with Crippen LogP contribution in [0.4, 0.5) is 17.1 Å². The molecule has 0 saturated carbocycles. The molecule has 12 aromatic rings. The predicted molar refractivity (Wildman–Crippen MR) is 249 cm³/mol. The van der Waals surface area contributed by atoms with E-state index in [2.05, 4.69) is 204 Å². The third-order valence-corrected chi connectivity index (χ3v) is 11.8. The molecule has 0 radical (unpaired) electrons. The predicted octanol–water partition coefficient (Wildman–Crippen LogP) is 15.9. The van der Waals surface area contributed by atoms with Crippen molar-refractivity contribution in [3.05, 3.63) is 218 Å². The second-order valence-corrected chi connectivity index (χ2v) is 15.2. The van der Waals surface area contributed by atoms with E-state index in [0.29, 0.717) is 0 Å². The van der Waals surface area contributed by atoms with Gasteiger partial charge in [-0.15, -0.1) is 0 Å². The molecule has 60 heavy (non-hydrogen) atoms. The summed E-state index contributed by atoms with van der Waals surface area (Å²) in [6, 6.07) is 77.2. The van der Waals surface area contributed by atoms with Gasteiger partial charge in [0, 0.05) is 44.2 Å². The maximum Gasteiger partial charge on any atom is 0.213 e. The lowest BCUT2D eigenvalue weighted by Gasteiger charge is -2.26. The van der Waals surface area contributed by atoms with Gasteiger partial charge in [0.1, 0.15) is 11.2 Å². The summed E-state index contributed by atoms with van der Waals surface area (Å²) in [4.78, 5) is 2.31. The lowest BCUT2D eigenvalue weighted by Crippen LogP contribution is -2.10. The summed E-state index contributed by atoms with van der Waals surface area (Å²) in [5.74, 6) is 0. The zero-order chi connectivity index (χ0) is 39.6. The quantitative estimate of drug-likeness (QED) is 0.162. The van der Waals surface area contributed by atoms with Crippen LogP contribution in [0.1, 0.15) is 0 Å². The third kappa shape index (κ3) is 5.39. The summed E-state index contributed by atoms with van der Waals surface area (Å²) >= 11 is 0. The molecule has 0 N–H and O–H groups in total. The van der Waals surface area contributed by atoms with Crippen LogP contribution in [-0.2, 0) is 0 Å². The number of benzene rings is 9. The highest BCUT2D eigenvalue weighted by molar-refractivity contribution is 6.22. The lowest BCUT2D eigenvalue weighted by molar-refractivity contribution is 0.645. The van der Waals surface area contributed by atoms with Crippen LogP contribution in [0.15, 0.2) is 227 Å². The maximum absolute atomic E-state index is 6.66. The molecule has 9 aromatic carbocycles. The Bertz CT molecular complexity index is 3520. The zero-order valence-electron chi connectivity index (χ0n) is 32.5. The highest BCUT2D eigenvalue weighted by atomic mass is 16.3. The molecule has 0 aliphatic rings. The van der Waals surface area contributed by atoms with E-state index in [1.54, 1.807) is 0 Å². The topological polar surface area (TPSA) is 34.5 Å². The number of furan rings is 2. The van der Waals surface area contributed by atoms with Crippen molar-refractivity contribution in [2.75, 3.05) is 4.90 Å². The first-order chi connectivity index (χ1) is 29.8. The van der Waals surface area contributed by atoms with Crippen LogP contribution in [0.5, 0.6) is 0 Å². The second-order valence-electron chi connectivity index (χ2n) is 15.2. The van der Waals surface area contributed by atoms with E-state index in [9.17, 15) is 0 Å². The van der Waals surface area contributed by atoms with E-state index in [1.807, 2.05) is 24.3 Å². The highest BCUT2D eigenvalue weighted by Gasteiger charge is 2.23. The van der Waals surface area contributed by atoms with Gasteiger partial charge in [-0.1, -0.05) is 164 Å². The van der Waals surface area contributed by atoms with Crippen LogP contribution < -0.4 is 4.90 Å². The molecule has 3 heterocycles. The summed E-state index contributed by atoms with van der Waals surface area (Å²) in [5, 5.41) is 5.59. The van der Waals surface area contributed by atoms with Crippen LogP contribution in [0, 0.1) is 0 Å². The van der Waals surface area contributed by atoms with Crippen molar-refractivity contribution in [3.8, 4) is 39.1 Å². The van der Waals surface area contributed by atoms with Crippen LogP contribution >= 0.6 is 0 Å². The molecule has 0 amide bonds. The summed E-state index contributed by atoms with van der Waals surface area (Å²) in [6.45, 7) is 0. The standard InChI is InChI=1S/C56H36N2O2/c1-3-15-37(16-4-1)43-19-7-8-20-44(43)38-29-33-41(34-30-38)57(50-26-14-24-47-46-21-9-11-27-51(46)59-55(47)50)42-35-31-39(32-36-42)45-23-13-25-49-53-48-22-10-12-28-52(48)60-56(53)58(54(45)49)40-17-5-2-6-18-40/h1-36H. The molecular weight excluding hydrogens is 733 g/mol. The van der Waals surface area contributed by atoms with Gasteiger partial charge in [0.05, 0.1) is 16.6 Å². The maximum atomic E-state index is 6.66. The van der Waals surface area contributed by atoms with E-state index < -0.39 is 0 Å². The number of nitrogens with zero attached hydrogens (tertiary/aromatic N) is 2. The fourth-order valence-corrected chi connectivity index (χ4v) is 9.11. The minimum absolute atomic E-state index is 0.849. The molecule has 4 heteroatoms. The van der Waals surface area contributed by atoms with Crippen LogP contribution in [0.3, 0.4) is 0 Å². The molecule has 0 unspecified atom stereocenters. The van der Waals surface area contributed by atoms with Gasteiger partial charge >= 0.3 is 0 Å². The summed E-state index contributed by atoms with van der Waals surface area (Å²) in [6.07, 6.45) is 0. The van der Waals surface area contributed by atoms with Crippen molar-refractivity contribution in [2.45, 2.75) is 0 Å². The molecule has 12 rings (SSSR count). The fraction of sp³-hybridized carbons (Fsp3) is 0. The van der Waals surface area contributed by atoms with Gasteiger partial charge < -0.3 is 13.7 Å². The number of fused-ring (bicyclic) bond motifs is 8. The SMILES string of the molecule is c1ccc(-c2ccccc2-c2ccc(N(c3ccc(-c4cccc5c6c7ccccc7oc6n(-c6ccccc6)c45)cc3)c3cccc4c3oc3ccccc34)cc2)cc1. The molecule has 0 aliphatic heterocycles. The van der Waals surface area contributed by atoms with Crippen molar-refractivity contribution in [1.82, 2.24) is 4.57 Å². The van der Waals surface area contributed by atoms with Gasteiger partial charge in [-0.2, -0.15) is 0 Å². The second kappa shape index (κ2) is 13.8. The summed E-state index contributed by atoms with van der Waals surface area (Å²) in [7, 11) is 0. The molecule has 0 fully saturated rings. The first kappa shape index (κ1) is 34.0. The molecule has 0 saturated heterocycles. The van der Waals surface area contributed by atoms with Crippen molar-refractivity contribution in [3.63, 3.8) is 0 Å². The smallest absolute Gasteiger partial charge is 0.213 e. The van der Waals surface area contributed by atoms with E-state index in [4.69, 9.17) is 8.83 Å². The molecule has 282 valence electrons. The number of aromatic nitrogens is 1. The monoisotopic (exact) mass is 768 g/mol. The number of para-hydroxylation sites is 5. The fourth-order valence-electron chi connectivity index (χ4n) is 9.11. The van der Waals surface area contributed by atoms with Crippen molar-refractivity contribution >= 4 is 72.0 Å². The molecule has 0 spiro atoms. The third-order valence-electron chi connectivity index (χ3n) is 11.8. The number of hydrogen-bond acceptors (Lipinski definition) is 3. The lowest BCUT2D eigenvalue weighted by atomic mass is 9.94. The van der Waals surface area contributed by atoms with E-state index in [0.717, 1.165) is 94.4 Å². The van der Waals surface area contributed by atoms with Crippen LogP contribution in [0.25, 0.3) is 94.0 Å². The van der Waals surface area contributed by atoms with Gasteiger partial charge in [-0.3, -0.25) is 4.57 Å². The van der Waals surface area contributed by atoms with E-state index in [1.165, 1.54) is 16.7 Å². The Morgan fingerprint density at radius 2 is 0.850 bits per heavy atom. The largest absolute Gasteiger partial charge is 0.454 e. The molecular formula is C56H36N2O2. The van der Waals surface area contributed by atoms with Crippen molar-refractivity contribution in [2.24, 2.45) is 0 Å². The normalized spacial score (nSPS) is 11.7. The number of hydrogen-bond donors (Lipinski definition) is 0. The summed E-state index contributed by atoms with van der Waals surface area (Å²) < 4.78 is 15.6. The van der Waals surface area contributed by atoms with E-state index in [-0.39, 0.29) is 0 Å². The van der Waals surface area contributed by atoms with Crippen LogP contribution in [-0.4, -0.2) is 4.57 Å². The summed E-state index contributed by atoms with van der Waals surface area (Å²) in [5.41, 5.74) is 15.7. The molecule has 4 nitrogen and oxygen atoms in total. The Hall–Kier alpha value is -8.08. The number of rotatable bonds is 7. The zero-order valence-corrected chi connectivity index (χ0v) is 32.5. The Labute approximate surface area is 346 Å². The Kier molecular flexibility index (Phi) is 7.82. The Balaban J connectivity index is 1.02. The van der Waals surface area contributed by atoms with Gasteiger partial charge in [-0.25, -0.2) is 0 Å². The molecule has 3 aromatic heterocycles. The van der Waals surface area contributed by atoms with E-state index >= 15 is 0 Å². The molecule has 0 atom stereocenters. The number of anilines is 3. The van der Waals surface area contributed by atoms with Gasteiger partial charge in [0.2, 0.25) is 5.71 Å². The van der Waals surface area contributed by atoms with Gasteiger partial charge in [0.25, 0.3) is 0 Å². The van der Waals surface area contributed by atoms with Gasteiger partial charge in [-0.05, 0) is 82.4 Å². The Morgan fingerprint density at radius 1 is 0.350 bits per heavy atom. The van der Waals surface area contributed by atoms with Crippen molar-refractivity contribution < 1.29 is 8.83 Å². The average Bonchev–Trinajstić information content (AvgIpc) is 4.00. The first-order valence-electron chi connectivity index (χ1n) is 20.3. The molecule has 0 bridgehead atoms. The molecule has 0 aliphatic carbocycles. The first-order valence-corrected chi connectivity index (χ1v) is 20.3. The van der Waals surface area contributed by atoms with Crippen molar-refractivity contribution in [1.29, 1.82) is 0 Å². The highest BCUT2D eigenvalue weighted by Crippen LogP contribution is 2.46. The average molecular weight is 769 g/mol. The van der Waals surface area contributed by atoms with Gasteiger partial charge in [0.15, 0.2) is 5.58 Å². The Morgan fingerprint density at radius 3 is 1.55 bits per heavy atom.